The third kappa shape index (κ3) is 3.79. The molecule has 2 aromatic rings. The Morgan fingerprint density at radius 2 is 2.17 bits per heavy atom. The second-order valence-corrected chi connectivity index (χ2v) is 6.16. The molecule has 0 aliphatic carbocycles. The van der Waals surface area contributed by atoms with Crippen LogP contribution >= 0.6 is 0 Å². The van der Waals surface area contributed by atoms with Crippen molar-refractivity contribution in [3.05, 3.63) is 41.9 Å². The predicted molar refractivity (Wildman–Crippen MR) is 86.8 cm³/mol. The number of carbonyl (C=O) groups excluding carboxylic acids is 1. The third-order valence-electron chi connectivity index (χ3n) is 4.34. The van der Waals surface area contributed by atoms with Gasteiger partial charge in [0.1, 0.15) is 0 Å². The molecule has 1 aliphatic heterocycles. The lowest BCUT2D eigenvalue weighted by Gasteiger charge is -2.15. The number of amides is 1. The van der Waals surface area contributed by atoms with Gasteiger partial charge in [0.2, 0.25) is 5.91 Å². The fraction of sp³-hybridized carbons (Fsp3) is 0.444. The number of aromatic nitrogens is 1. The molecule has 1 fully saturated rings. The summed E-state index contributed by atoms with van der Waals surface area (Å²) in [7, 11) is 0. The Hall–Kier alpha value is -2.14. The number of likely N-dealkylation sites (tertiary alicyclic amines) is 1. The maximum Gasteiger partial charge on any atom is 0.223 e. The smallest absolute Gasteiger partial charge is 0.223 e. The van der Waals surface area contributed by atoms with Crippen LogP contribution in [0, 0.1) is 12.8 Å². The molecule has 5 heteroatoms. The van der Waals surface area contributed by atoms with Gasteiger partial charge in [0, 0.05) is 44.0 Å². The van der Waals surface area contributed by atoms with Crippen LogP contribution in [0.15, 0.2) is 34.9 Å². The Morgan fingerprint density at radius 3 is 2.87 bits per heavy atom. The van der Waals surface area contributed by atoms with Crippen LogP contribution < -0.4 is 0 Å². The van der Waals surface area contributed by atoms with Crippen molar-refractivity contribution < 1.29 is 14.3 Å². The third-order valence-corrected chi connectivity index (χ3v) is 4.34. The van der Waals surface area contributed by atoms with Crippen LogP contribution in [0.2, 0.25) is 0 Å². The molecule has 3 rings (SSSR count). The van der Waals surface area contributed by atoms with E-state index in [9.17, 15) is 4.79 Å². The monoisotopic (exact) mass is 314 g/mol. The summed E-state index contributed by atoms with van der Waals surface area (Å²) in [4.78, 5) is 18.3. The summed E-state index contributed by atoms with van der Waals surface area (Å²) in [5.41, 5.74) is 2.19. The first kappa shape index (κ1) is 15.7. The van der Waals surface area contributed by atoms with E-state index in [1.54, 1.807) is 6.20 Å². The van der Waals surface area contributed by atoms with Crippen LogP contribution in [-0.2, 0) is 11.2 Å². The number of aryl methyl sites for hydroxylation is 2. The van der Waals surface area contributed by atoms with Crippen LogP contribution in [-0.4, -0.2) is 40.6 Å². The van der Waals surface area contributed by atoms with Crippen LogP contribution in [0.3, 0.4) is 0 Å². The van der Waals surface area contributed by atoms with E-state index < -0.39 is 0 Å². The maximum absolute atomic E-state index is 12.2. The van der Waals surface area contributed by atoms with Crippen molar-refractivity contribution in [3.8, 4) is 11.3 Å². The average Bonchev–Trinajstić information content (AvgIpc) is 3.22. The summed E-state index contributed by atoms with van der Waals surface area (Å²) in [5.74, 6) is 1.66. The van der Waals surface area contributed by atoms with Gasteiger partial charge < -0.3 is 14.4 Å². The lowest BCUT2D eigenvalue weighted by atomic mass is 10.1. The summed E-state index contributed by atoms with van der Waals surface area (Å²) >= 11 is 0. The molecule has 0 saturated carbocycles. The van der Waals surface area contributed by atoms with E-state index in [4.69, 9.17) is 9.52 Å². The molecular formula is C18H22N2O3. The number of aliphatic hydroxyl groups excluding tert-OH is 1. The topological polar surface area (TPSA) is 66.6 Å². The van der Waals surface area contributed by atoms with Crippen molar-refractivity contribution in [2.45, 2.75) is 26.2 Å². The Balaban J connectivity index is 1.55. The van der Waals surface area contributed by atoms with Gasteiger partial charge in [-0.05, 0) is 13.3 Å². The quantitative estimate of drug-likeness (QED) is 0.920. The lowest BCUT2D eigenvalue weighted by Crippen LogP contribution is -2.29. The number of nitrogens with zero attached hydrogens (tertiary/aromatic N) is 2. The van der Waals surface area contributed by atoms with E-state index in [1.807, 2.05) is 36.1 Å². The van der Waals surface area contributed by atoms with Crippen molar-refractivity contribution in [1.82, 2.24) is 9.88 Å². The highest BCUT2D eigenvalue weighted by atomic mass is 16.4. The predicted octanol–water partition coefficient (Wildman–Crippen LogP) is 2.42. The highest BCUT2D eigenvalue weighted by Crippen LogP contribution is 2.22. The molecule has 0 bridgehead atoms. The summed E-state index contributed by atoms with van der Waals surface area (Å²) < 4.78 is 5.74. The van der Waals surface area contributed by atoms with Gasteiger partial charge >= 0.3 is 0 Å². The van der Waals surface area contributed by atoms with Gasteiger partial charge in [-0.15, -0.1) is 0 Å². The minimum atomic E-state index is 0.107. The number of carbonyl (C=O) groups is 1. The average molecular weight is 314 g/mol. The first-order valence-corrected chi connectivity index (χ1v) is 8.06. The van der Waals surface area contributed by atoms with Crippen LogP contribution in [0.5, 0.6) is 0 Å². The molecule has 1 unspecified atom stereocenters. The van der Waals surface area contributed by atoms with Crippen LogP contribution in [0.1, 0.15) is 24.3 Å². The number of oxazole rings is 1. The normalized spacial score (nSPS) is 17.7. The van der Waals surface area contributed by atoms with Crippen molar-refractivity contribution in [1.29, 1.82) is 0 Å². The molecule has 23 heavy (non-hydrogen) atoms. The van der Waals surface area contributed by atoms with Crippen molar-refractivity contribution in [2.24, 2.45) is 5.92 Å². The number of aliphatic hydroxyl groups is 1. The van der Waals surface area contributed by atoms with Gasteiger partial charge in [-0.3, -0.25) is 4.79 Å². The van der Waals surface area contributed by atoms with E-state index in [0.29, 0.717) is 25.3 Å². The van der Waals surface area contributed by atoms with Gasteiger partial charge in [0.05, 0.1) is 6.20 Å². The SMILES string of the molecule is Cc1ccc(-c2cnc(CCC(=O)N3CCC(CO)C3)o2)cc1. The molecule has 1 amide bonds. The molecule has 1 N–H and O–H groups in total. The molecule has 0 radical (unpaired) electrons. The summed E-state index contributed by atoms with van der Waals surface area (Å²) in [6.45, 7) is 3.60. The molecule has 1 saturated heterocycles. The maximum atomic E-state index is 12.2. The zero-order valence-corrected chi connectivity index (χ0v) is 13.4. The Labute approximate surface area is 135 Å². The Kier molecular flexibility index (Phi) is 4.76. The second-order valence-electron chi connectivity index (χ2n) is 6.16. The molecule has 1 aliphatic rings. The van der Waals surface area contributed by atoms with Gasteiger partial charge in [0.15, 0.2) is 11.7 Å². The Morgan fingerprint density at radius 1 is 1.39 bits per heavy atom. The highest BCUT2D eigenvalue weighted by Gasteiger charge is 2.25. The van der Waals surface area contributed by atoms with E-state index in [-0.39, 0.29) is 18.4 Å². The standard InChI is InChI=1S/C18H22N2O3/c1-13-2-4-15(5-3-13)16-10-19-17(23-16)6-7-18(22)20-9-8-14(11-20)12-21/h2-5,10,14,21H,6-9,11-12H2,1H3. The summed E-state index contributed by atoms with van der Waals surface area (Å²) in [6, 6.07) is 8.08. The van der Waals surface area contributed by atoms with E-state index in [2.05, 4.69) is 4.98 Å². The molecule has 2 heterocycles. The van der Waals surface area contributed by atoms with Crippen molar-refractivity contribution in [3.63, 3.8) is 0 Å². The first-order chi connectivity index (χ1) is 11.2. The second kappa shape index (κ2) is 6.96. The number of rotatable bonds is 5. The van der Waals surface area contributed by atoms with Crippen molar-refractivity contribution in [2.75, 3.05) is 19.7 Å². The van der Waals surface area contributed by atoms with E-state index in [0.717, 1.165) is 24.3 Å². The van der Waals surface area contributed by atoms with Gasteiger partial charge in [0.25, 0.3) is 0 Å². The van der Waals surface area contributed by atoms with Crippen LogP contribution in [0.25, 0.3) is 11.3 Å². The minimum Gasteiger partial charge on any atom is -0.441 e. The van der Waals surface area contributed by atoms with Crippen LogP contribution in [0.4, 0.5) is 0 Å². The molecule has 1 atom stereocenters. The number of benzene rings is 1. The van der Waals surface area contributed by atoms with Gasteiger partial charge in [-0.1, -0.05) is 29.8 Å². The summed E-state index contributed by atoms with van der Waals surface area (Å²) in [6.07, 6.45) is 3.50. The fourth-order valence-electron chi connectivity index (χ4n) is 2.86. The Bertz CT molecular complexity index is 663. The first-order valence-electron chi connectivity index (χ1n) is 8.06. The van der Waals surface area contributed by atoms with Crippen molar-refractivity contribution >= 4 is 5.91 Å². The fourth-order valence-corrected chi connectivity index (χ4v) is 2.86. The molecule has 5 nitrogen and oxygen atoms in total. The molecule has 1 aromatic heterocycles. The zero-order chi connectivity index (χ0) is 16.2. The van der Waals surface area contributed by atoms with E-state index in [1.165, 1.54) is 5.56 Å². The lowest BCUT2D eigenvalue weighted by molar-refractivity contribution is -0.130. The molecule has 122 valence electrons. The van der Waals surface area contributed by atoms with Gasteiger partial charge in [-0.2, -0.15) is 0 Å². The largest absolute Gasteiger partial charge is 0.441 e. The highest BCUT2D eigenvalue weighted by molar-refractivity contribution is 5.76. The molecule has 1 aromatic carbocycles. The molecule has 0 spiro atoms. The number of hydrogen-bond donors (Lipinski definition) is 1. The summed E-state index contributed by atoms with van der Waals surface area (Å²) in [5, 5.41) is 9.14. The minimum absolute atomic E-state index is 0.107. The number of hydrogen-bond acceptors (Lipinski definition) is 4. The van der Waals surface area contributed by atoms with Gasteiger partial charge in [-0.25, -0.2) is 4.98 Å². The van der Waals surface area contributed by atoms with E-state index >= 15 is 0 Å². The molecular weight excluding hydrogens is 292 g/mol. The zero-order valence-electron chi connectivity index (χ0n) is 13.4.